The second-order valence-corrected chi connectivity index (χ2v) is 5.64. The predicted octanol–water partition coefficient (Wildman–Crippen LogP) is 0.834. The Balaban J connectivity index is 2.93. The number of amides is 1. The van der Waals surface area contributed by atoms with Crippen molar-refractivity contribution in [2.45, 2.75) is 32.1 Å². The minimum absolute atomic E-state index is 0.0220. The summed E-state index contributed by atoms with van der Waals surface area (Å²) in [5.41, 5.74) is 1.13. The number of carbonyl (C=O) groups is 1. The van der Waals surface area contributed by atoms with Crippen molar-refractivity contribution in [2.24, 2.45) is 0 Å². The van der Waals surface area contributed by atoms with Gasteiger partial charge in [-0.25, -0.2) is 0 Å². The molecule has 0 bridgehead atoms. The molecule has 0 aromatic carbocycles. The first-order valence-electron chi connectivity index (χ1n) is 6.05. The molecule has 3 N–H and O–H groups in total. The van der Waals surface area contributed by atoms with Crippen molar-refractivity contribution in [3.05, 3.63) is 33.2 Å². The van der Waals surface area contributed by atoms with Crippen molar-refractivity contribution in [2.75, 3.05) is 12.9 Å². The lowest BCUT2D eigenvalue weighted by atomic mass is 10.1. The van der Waals surface area contributed by atoms with E-state index in [1.54, 1.807) is 19.9 Å². The predicted molar refractivity (Wildman–Crippen MR) is 77.9 cm³/mol. The molecule has 1 aromatic rings. The van der Waals surface area contributed by atoms with Gasteiger partial charge in [-0.1, -0.05) is 0 Å². The van der Waals surface area contributed by atoms with Gasteiger partial charge in [-0.3, -0.25) is 9.59 Å². The molecule has 0 saturated heterocycles. The molecule has 1 rings (SSSR count). The highest BCUT2D eigenvalue weighted by Gasteiger charge is 2.21. The van der Waals surface area contributed by atoms with Gasteiger partial charge < -0.3 is 15.4 Å². The fourth-order valence-electron chi connectivity index (χ4n) is 1.94. The minimum Gasteiger partial charge on any atom is -0.395 e. The van der Waals surface area contributed by atoms with E-state index in [9.17, 15) is 14.7 Å². The number of aryl methyl sites for hydroxylation is 2. The normalized spacial score (nSPS) is 13.9. The van der Waals surface area contributed by atoms with E-state index >= 15 is 0 Å². The molecular weight excluding hydrogens is 264 g/mol. The van der Waals surface area contributed by atoms with Crippen LogP contribution in [0.1, 0.15) is 28.5 Å². The number of hydrogen-bond acceptors (Lipinski definition) is 4. The lowest BCUT2D eigenvalue weighted by Gasteiger charge is -2.21. The zero-order chi connectivity index (χ0) is 14.6. The van der Waals surface area contributed by atoms with E-state index in [2.05, 4.69) is 10.3 Å². The fourth-order valence-corrected chi connectivity index (χ4v) is 2.57. The van der Waals surface area contributed by atoms with Gasteiger partial charge in [-0.2, -0.15) is 11.8 Å². The molecule has 2 unspecified atom stereocenters. The highest BCUT2D eigenvalue weighted by atomic mass is 32.2. The number of thioether (sulfide) groups is 1. The highest BCUT2D eigenvalue weighted by molar-refractivity contribution is 7.99. The second kappa shape index (κ2) is 6.77. The van der Waals surface area contributed by atoms with Crippen LogP contribution >= 0.6 is 11.8 Å². The molecule has 0 aliphatic heterocycles. The zero-order valence-electron chi connectivity index (χ0n) is 11.6. The van der Waals surface area contributed by atoms with Gasteiger partial charge in [-0.15, -0.1) is 0 Å². The number of aliphatic hydroxyl groups is 1. The molecule has 5 nitrogen and oxygen atoms in total. The van der Waals surface area contributed by atoms with E-state index < -0.39 is 5.91 Å². The Morgan fingerprint density at radius 1 is 1.53 bits per heavy atom. The molecule has 1 heterocycles. The molecule has 0 fully saturated rings. The van der Waals surface area contributed by atoms with Crippen molar-refractivity contribution in [3.8, 4) is 0 Å². The summed E-state index contributed by atoms with van der Waals surface area (Å²) in [7, 11) is 0. The molecule has 1 amide bonds. The van der Waals surface area contributed by atoms with Gasteiger partial charge in [0, 0.05) is 17.0 Å². The number of H-pyrrole nitrogens is 1. The van der Waals surface area contributed by atoms with Crippen molar-refractivity contribution in [1.82, 2.24) is 10.3 Å². The molecule has 6 heteroatoms. The van der Waals surface area contributed by atoms with Crippen LogP contribution in [0.4, 0.5) is 0 Å². The number of aromatic nitrogens is 1. The third-order valence-corrected chi connectivity index (χ3v) is 4.15. The van der Waals surface area contributed by atoms with Gasteiger partial charge in [0.1, 0.15) is 5.56 Å². The van der Waals surface area contributed by atoms with E-state index in [1.807, 2.05) is 13.2 Å². The molecule has 19 heavy (non-hydrogen) atoms. The van der Waals surface area contributed by atoms with Crippen LogP contribution in [0.3, 0.4) is 0 Å². The number of nitrogens with one attached hydrogen (secondary N) is 2. The molecular formula is C13H20N2O3S. The maximum Gasteiger partial charge on any atom is 0.261 e. The molecule has 106 valence electrons. The molecule has 1 aromatic heterocycles. The fraction of sp³-hybridized carbons (Fsp3) is 0.538. The largest absolute Gasteiger partial charge is 0.395 e. The number of hydrogen-bond donors (Lipinski definition) is 3. The van der Waals surface area contributed by atoms with Gasteiger partial charge in [0.25, 0.3) is 11.5 Å². The number of aliphatic hydroxyl groups excluding tert-OH is 1. The van der Waals surface area contributed by atoms with Crippen LogP contribution < -0.4 is 10.9 Å². The van der Waals surface area contributed by atoms with Crippen LogP contribution in [0.5, 0.6) is 0 Å². The summed E-state index contributed by atoms with van der Waals surface area (Å²) in [4.78, 5) is 26.6. The Labute approximate surface area is 116 Å². The topological polar surface area (TPSA) is 82.2 Å². The Morgan fingerprint density at radius 3 is 2.63 bits per heavy atom. The van der Waals surface area contributed by atoms with Crippen LogP contribution in [0.2, 0.25) is 0 Å². The number of rotatable bonds is 5. The van der Waals surface area contributed by atoms with E-state index in [-0.39, 0.29) is 29.0 Å². The lowest BCUT2D eigenvalue weighted by molar-refractivity contribution is 0.0933. The second-order valence-electron chi connectivity index (χ2n) is 4.56. The minimum atomic E-state index is -0.404. The van der Waals surface area contributed by atoms with Gasteiger partial charge in [0.05, 0.1) is 6.61 Å². The number of aromatic amines is 1. The highest BCUT2D eigenvalue weighted by Crippen LogP contribution is 2.11. The van der Waals surface area contributed by atoms with Gasteiger partial charge in [0.2, 0.25) is 0 Å². The summed E-state index contributed by atoms with van der Waals surface area (Å²) in [5, 5.41) is 11.9. The number of carbonyl (C=O) groups excluding carboxylic acids is 1. The monoisotopic (exact) mass is 284 g/mol. The molecule has 2 atom stereocenters. The zero-order valence-corrected chi connectivity index (χ0v) is 12.4. The van der Waals surface area contributed by atoms with Crippen LogP contribution in [0.25, 0.3) is 0 Å². The molecule has 0 aliphatic rings. The van der Waals surface area contributed by atoms with Crippen molar-refractivity contribution in [1.29, 1.82) is 0 Å². The standard InChI is InChI=1S/C13H20N2O3S/c1-7-5-8(2)14-12(17)11(7)13(18)15-9(3)10(6-16)19-4/h5,9-10,16H,6H2,1-4H3,(H,14,17)(H,15,18). The van der Waals surface area contributed by atoms with Crippen LogP contribution in [0.15, 0.2) is 10.9 Å². The van der Waals surface area contributed by atoms with E-state index in [0.717, 1.165) is 5.69 Å². The van der Waals surface area contributed by atoms with Crippen molar-refractivity contribution < 1.29 is 9.90 Å². The summed E-state index contributed by atoms with van der Waals surface area (Å²) < 4.78 is 0. The smallest absolute Gasteiger partial charge is 0.261 e. The van der Waals surface area contributed by atoms with Crippen LogP contribution in [-0.4, -0.2) is 40.2 Å². The first-order valence-corrected chi connectivity index (χ1v) is 7.34. The summed E-state index contributed by atoms with van der Waals surface area (Å²) >= 11 is 1.48. The first-order chi connectivity index (χ1) is 8.90. The summed E-state index contributed by atoms with van der Waals surface area (Å²) in [5.74, 6) is -0.404. The maximum absolute atomic E-state index is 12.1. The summed E-state index contributed by atoms with van der Waals surface area (Å²) in [6.07, 6.45) is 1.87. The van der Waals surface area contributed by atoms with E-state index in [4.69, 9.17) is 0 Å². The van der Waals surface area contributed by atoms with Gasteiger partial charge in [0.15, 0.2) is 0 Å². The Kier molecular flexibility index (Phi) is 5.62. The SMILES string of the molecule is CSC(CO)C(C)NC(=O)c1c(C)cc(C)[nH]c1=O. The summed E-state index contributed by atoms with van der Waals surface area (Å²) in [6, 6.07) is 1.55. The quantitative estimate of drug-likeness (QED) is 0.748. The average Bonchev–Trinajstić information content (AvgIpc) is 2.28. The Morgan fingerprint density at radius 2 is 2.16 bits per heavy atom. The maximum atomic E-state index is 12.1. The molecule has 0 radical (unpaired) electrons. The Hall–Kier alpha value is -1.27. The number of pyridine rings is 1. The van der Waals surface area contributed by atoms with Gasteiger partial charge >= 0.3 is 0 Å². The van der Waals surface area contributed by atoms with E-state index in [0.29, 0.717) is 5.56 Å². The third kappa shape index (κ3) is 3.84. The molecule has 0 spiro atoms. The summed E-state index contributed by atoms with van der Waals surface area (Å²) in [6.45, 7) is 5.30. The average molecular weight is 284 g/mol. The van der Waals surface area contributed by atoms with Gasteiger partial charge in [-0.05, 0) is 38.7 Å². The lowest BCUT2D eigenvalue weighted by Crippen LogP contribution is -2.43. The van der Waals surface area contributed by atoms with Crippen LogP contribution in [0, 0.1) is 13.8 Å². The third-order valence-electron chi connectivity index (χ3n) is 2.99. The van der Waals surface area contributed by atoms with Crippen molar-refractivity contribution in [3.63, 3.8) is 0 Å². The Bertz CT molecular complexity index is 509. The van der Waals surface area contributed by atoms with Crippen molar-refractivity contribution >= 4 is 17.7 Å². The molecule has 0 saturated carbocycles. The molecule has 0 aliphatic carbocycles. The van der Waals surface area contributed by atoms with Crippen LogP contribution in [-0.2, 0) is 0 Å². The van der Waals surface area contributed by atoms with E-state index in [1.165, 1.54) is 11.8 Å². The first kappa shape index (κ1) is 15.8.